The van der Waals surface area contributed by atoms with Gasteiger partial charge in [0.15, 0.2) is 0 Å². The first-order valence-electron chi connectivity index (χ1n) is 7.15. The van der Waals surface area contributed by atoms with Crippen LogP contribution in [-0.4, -0.2) is 27.3 Å². The molecule has 3 rings (SSSR count). The Bertz CT molecular complexity index is 928. The zero-order valence-corrected chi connectivity index (χ0v) is 12.9. The predicted molar refractivity (Wildman–Crippen MR) is 82.3 cm³/mol. The van der Waals surface area contributed by atoms with Crippen LogP contribution in [0.3, 0.4) is 0 Å². The molecule has 26 heavy (non-hydrogen) atoms. The lowest BCUT2D eigenvalue weighted by atomic mass is 10.3. The van der Waals surface area contributed by atoms with E-state index in [1.54, 1.807) is 0 Å². The maximum atomic E-state index is 13.6. The second kappa shape index (κ2) is 7.21. The van der Waals surface area contributed by atoms with Crippen LogP contribution in [0.5, 0.6) is 5.75 Å². The number of amides is 1. The molecule has 2 aromatic carbocycles. The third-order valence-electron chi connectivity index (χ3n) is 3.20. The summed E-state index contributed by atoms with van der Waals surface area (Å²) in [5, 5.41) is 6.07. The van der Waals surface area contributed by atoms with Crippen molar-refractivity contribution in [3.63, 3.8) is 0 Å². The van der Waals surface area contributed by atoms with Crippen molar-refractivity contribution in [2.45, 2.75) is 6.61 Å². The number of carbonyl (C=O) groups excluding carboxylic acids is 1. The first-order valence-corrected chi connectivity index (χ1v) is 7.15. The van der Waals surface area contributed by atoms with Crippen molar-refractivity contribution in [2.75, 3.05) is 5.32 Å². The number of ether oxygens (including phenoxy) is 1. The fourth-order valence-corrected chi connectivity index (χ4v) is 2.04. The van der Waals surface area contributed by atoms with Gasteiger partial charge in [-0.25, -0.2) is 18.4 Å². The SMILES string of the molecule is O=C(Nc1cc(F)ccc1F)c1ncn(-c2ccc(OC(F)F)cc2)n1. The average molecular weight is 366 g/mol. The van der Waals surface area contributed by atoms with Crippen LogP contribution in [0, 0.1) is 11.6 Å². The molecule has 0 aliphatic heterocycles. The molecule has 0 fully saturated rings. The summed E-state index contributed by atoms with van der Waals surface area (Å²) in [6.45, 7) is -2.94. The smallest absolute Gasteiger partial charge is 0.387 e. The minimum Gasteiger partial charge on any atom is -0.435 e. The van der Waals surface area contributed by atoms with E-state index in [2.05, 4.69) is 20.1 Å². The Morgan fingerprint density at radius 3 is 2.54 bits per heavy atom. The third kappa shape index (κ3) is 3.97. The number of nitrogens with zero attached hydrogens (tertiary/aromatic N) is 3. The van der Waals surface area contributed by atoms with E-state index in [0.29, 0.717) is 5.69 Å². The highest BCUT2D eigenvalue weighted by atomic mass is 19.3. The Kier molecular flexibility index (Phi) is 4.83. The van der Waals surface area contributed by atoms with Crippen LogP contribution >= 0.6 is 0 Å². The van der Waals surface area contributed by atoms with E-state index < -0.39 is 24.2 Å². The number of carbonyl (C=O) groups is 1. The highest BCUT2D eigenvalue weighted by Gasteiger charge is 2.15. The lowest BCUT2D eigenvalue weighted by Gasteiger charge is -2.05. The number of aromatic nitrogens is 3. The Hall–Kier alpha value is -3.43. The number of benzene rings is 2. The number of hydrogen-bond acceptors (Lipinski definition) is 4. The van der Waals surface area contributed by atoms with E-state index in [9.17, 15) is 22.4 Å². The molecule has 3 aromatic rings. The van der Waals surface area contributed by atoms with Crippen molar-refractivity contribution < 1.29 is 27.1 Å². The van der Waals surface area contributed by atoms with Gasteiger partial charge in [0.1, 0.15) is 23.7 Å². The van der Waals surface area contributed by atoms with E-state index in [0.717, 1.165) is 18.2 Å². The normalized spacial score (nSPS) is 10.8. The van der Waals surface area contributed by atoms with E-state index in [-0.39, 0.29) is 17.3 Å². The van der Waals surface area contributed by atoms with Gasteiger partial charge in [0.2, 0.25) is 5.82 Å². The van der Waals surface area contributed by atoms with Crippen molar-refractivity contribution in [2.24, 2.45) is 0 Å². The summed E-state index contributed by atoms with van der Waals surface area (Å²) < 4.78 is 56.4. The molecule has 1 amide bonds. The summed E-state index contributed by atoms with van der Waals surface area (Å²) in [7, 11) is 0. The summed E-state index contributed by atoms with van der Waals surface area (Å²) in [4.78, 5) is 15.8. The summed E-state index contributed by atoms with van der Waals surface area (Å²) in [6.07, 6.45) is 1.21. The number of anilines is 1. The van der Waals surface area contributed by atoms with Crippen LogP contribution in [0.2, 0.25) is 0 Å². The number of hydrogen-bond donors (Lipinski definition) is 1. The van der Waals surface area contributed by atoms with Crippen molar-refractivity contribution in [1.29, 1.82) is 0 Å². The highest BCUT2D eigenvalue weighted by molar-refractivity contribution is 6.01. The maximum absolute atomic E-state index is 13.6. The van der Waals surface area contributed by atoms with Crippen molar-refractivity contribution >= 4 is 11.6 Å². The van der Waals surface area contributed by atoms with Crippen molar-refractivity contribution in [3.8, 4) is 11.4 Å². The zero-order chi connectivity index (χ0) is 18.7. The molecule has 1 N–H and O–H groups in total. The Morgan fingerprint density at radius 1 is 1.12 bits per heavy atom. The molecule has 0 radical (unpaired) electrons. The summed E-state index contributed by atoms with van der Waals surface area (Å²) in [5.74, 6) is -2.70. The molecular weight excluding hydrogens is 356 g/mol. The number of halogens is 4. The number of nitrogens with one attached hydrogen (secondary N) is 1. The number of alkyl halides is 2. The first kappa shape index (κ1) is 17.4. The van der Waals surface area contributed by atoms with Crippen LogP contribution in [0.25, 0.3) is 5.69 Å². The van der Waals surface area contributed by atoms with Gasteiger partial charge in [0.05, 0.1) is 11.4 Å². The molecule has 0 unspecified atom stereocenters. The number of rotatable bonds is 5. The van der Waals surface area contributed by atoms with Gasteiger partial charge in [-0.05, 0) is 36.4 Å². The van der Waals surface area contributed by atoms with Gasteiger partial charge >= 0.3 is 6.61 Å². The van der Waals surface area contributed by atoms with Crippen molar-refractivity contribution in [3.05, 3.63) is 66.3 Å². The van der Waals surface area contributed by atoms with Crippen LogP contribution in [0.15, 0.2) is 48.8 Å². The van der Waals surface area contributed by atoms with Crippen LogP contribution in [-0.2, 0) is 0 Å². The van der Waals surface area contributed by atoms with Gasteiger partial charge in [0, 0.05) is 6.07 Å². The molecule has 0 atom stereocenters. The topological polar surface area (TPSA) is 69.0 Å². The Balaban J connectivity index is 1.74. The highest BCUT2D eigenvalue weighted by Crippen LogP contribution is 2.18. The summed E-state index contributed by atoms with van der Waals surface area (Å²) in [6, 6.07) is 8.07. The first-order chi connectivity index (χ1) is 12.4. The van der Waals surface area contributed by atoms with Crippen molar-refractivity contribution in [1.82, 2.24) is 14.8 Å². The standard InChI is InChI=1S/C16H10F4N4O2/c17-9-1-6-12(18)13(7-9)22-15(25)14-21-8-24(23-14)10-2-4-11(5-3-10)26-16(19)20/h1-8,16H,(H,22,25). The summed E-state index contributed by atoms with van der Waals surface area (Å²) >= 11 is 0. The largest absolute Gasteiger partial charge is 0.435 e. The third-order valence-corrected chi connectivity index (χ3v) is 3.20. The molecule has 10 heteroatoms. The minimum absolute atomic E-state index is 0.0385. The van der Waals surface area contributed by atoms with Gasteiger partial charge in [-0.1, -0.05) is 0 Å². The molecule has 0 aliphatic carbocycles. The lowest BCUT2D eigenvalue weighted by molar-refractivity contribution is -0.0498. The molecule has 0 spiro atoms. The van der Waals surface area contributed by atoms with E-state index in [4.69, 9.17) is 0 Å². The molecule has 6 nitrogen and oxygen atoms in total. The average Bonchev–Trinajstić information content (AvgIpc) is 3.08. The van der Waals surface area contributed by atoms with Crippen LogP contribution < -0.4 is 10.1 Å². The van der Waals surface area contributed by atoms with Gasteiger partial charge in [0.25, 0.3) is 5.91 Å². The molecule has 1 heterocycles. The van der Waals surface area contributed by atoms with E-state index in [1.807, 2.05) is 0 Å². The fourth-order valence-electron chi connectivity index (χ4n) is 2.04. The quantitative estimate of drug-likeness (QED) is 0.703. The Morgan fingerprint density at radius 2 is 1.85 bits per heavy atom. The van der Waals surface area contributed by atoms with E-state index >= 15 is 0 Å². The fraction of sp³-hybridized carbons (Fsp3) is 0.0625. The molecular formula is C16H10F4N4O2. The molecule has 134 valence electrons. The predicted octanol–water partition coefficient (Wildman–Crippen LogP) is 3.40. The van der Waals surface area contributed by atoms with Gasteiger partial charge in [-0.2, -0.15) is 8.78 Å². The van der Waals surface area contributed by atoms with Gasteiger partial charge < -0.3 is 10.1 Å². The van der Waals surface area contributed by atoms with Crippen LogP contribution in [0.4, 0.5) is 23.2 Å². The monoisotopic (exact) mass is 366 g/mol. The van der Waals surface area contributed by atoms with Gasteiger partial charge in [-0.3, -0.25) is 4.79 Å². The maximum Gasteiger partial charge on any atom is 0.387 e. The minimum atomic E-state index is -2.94. The molecule has 0 aliphatic rings. The molecule has 0 saturated heterocycles. The second-order valence-electron chi connectivity index (χ2n) is 4.96. The molecule has 0 bridgehead atoms. The molecule has 1 aromatic heterocycles. The lowest BCUT2D eigenvalue weighted by Crippen LogP contribution is -2.15. The molecule has 0 saturated carbocycles. The van der Waals surface area contributed by atoms with E-state index in [1.165, 1.54) is 35.3 Å². The second-order valence-corrected chi connectivity index (χ2v) is 4.96. The Labute approximate surface area is 144 Å². The van der Waals surface area contributed by atoms with Gasteiger partial charge in [-0.15, -0.1) is 5.10 Å². The van der Waals surface area contributed by atoms with Crippen LogP contribution in [0.1, 0.15) is 10.6 Å². The summed E-state index contributed by atoms with van der Waals surface area (Å²) in [5.41, 5.74) is 0.0787. The zero-order valence-electron chi connectivity index (χ0n) is 12.9.